The lowest BCUT2D eigenvalue weighted by molar-refractivity contribution is 0.277. The van der Waals surface area contributed by atoms with Gasteiger partial charge in [-0.25, -0.2) is 4.98 Å². The second-order valence-corrected chi connectivity index (χ2v) is 4.13. The fourth-order valence-corrected chi connectivity index (χ4v) is 2.23. The number of nitrogens with zero attached hydrogens (tertiary/aromatic N) is 3. The molecule has 0 spiro atoms. The van der Waals surface area contributed by atoms with Gasteiger partial charge in [-0.05, 0) is 25.9 Å². The summed E-state index contributed by atoms with van der Waals surface area (Å²) in [6.45, 7) is 5.46. The molecular weight excluding hydrogens is 202 g/mol. The van der Waals surface area contributed by atoms with Crippen molar-refractivity contribution in [1.29, 1.82) is 0 Å². The van der Waals surface area contributed by atoms with Crippen LogP contribution in [0.5, 0.6) is 0 Å². The Morgan fingerprint density at radius 1 is 1.56 bits per heavy atom. The molecule has 1 fully saturated rings. The van der Waals surface area contributed by atoms with Gasteiger partial charge in [0.05, 0.1) is 12.4 Å². The average Bonchev–Trinajstić information content (AvgIpc) is 2.74. The van der Waals surface area contributed by atoms with Crippen LogP contribution < -0.4 is 11.1 Å². The number of likely N-dealkylation sites (tertiary alicyclic amines) is 1. The van der Waals surface area contributed by atoms with Crippen LogP contribution >= 0.6 is 0 Å². The zero-order valence-corrected chi connectivity index (χ0v) is 9.69. The molecule has 1 unspecified atom stereocenters. The number of rotatable bonds is 4. The van der Waals surface area contributed by atoms with Crippen molar-refractivity contribution in [3.8, 4) is 0 Å². The van der Waals surface area contributed by atoms with Crippen molar-refractivity contribution in [2.75, 3.05) is 30.7 Å². The summed E-state index contributed by atoms with van der Waals surface area (Å²) in [4.78, 5) is 10.7. The molecule has 0 aromatic carbocycles. The number of nitrogens with one attached hydrogen (secondary N) is 1. The van der Waals surface area contributed by atoms with E-state index in [9.17, 15) is 0 Å². The minimum atomic E-state index is 0.462. The summed E-state index contributed by atoms with van der Waals surface area (Å²) in [5.41, 5.74) is 5.57. The minimum absolute atomic E-state index is 0.462. The standard InChI is InChI=1S/C11H19N5/c1-2-16-5-3-4-9(16)6-14-11-8-13-7-10(12)15-11/h7-9H,2-6H2,1H3,(H3,12,14,15). The number of aromatic nitrogens is 2. The summed E-state index contributed by atoms with van der Waals surface area (Å²) < 4.78 is 0. The third-order valence-corrected chi connectivity index (χ3v) is 3.08. The number of anilines is 2. The number of likely N-dealkylation sites (N-methyl/N-ethyl adjacent to an activating group) is 1. The first kappa shape index (κ1) is 11.1. The molecule has 1 saturated heterocycles. The number of hydrogen-bond acceptors (Lipinski definition) is 5. The highest BCUT2D eigenvalue weighted by Crippen LogP contribution is 2.16. The SMILES string of the molecule is CCN1CCCC1CNc1cncc(N)n1. The zero-order chi connectivity index (χ0) is 11.4. The van der Waals surface area contributed by atoms with Gasteiger partial charge in [0.1, 0.15) is 11.6 Å². The molecule has 16 heavy (non-hydrogen) atoms. The quantitative estimate of drug-likeness (QED) is 0.792. The molecule has 5 heteroatoms. The summed E-state index contributed by atoms with van der Waals surface area (Å²) in [7, 11) is 0. The predicted octanol–water partition coefficient (Wildman–Crippen LogP) is 0.955. The smallest absolute Gasteiger partial charge is 0.147 e. The van der Waals surface area contributed by atoms with Gasteiger partial charge >= 0.3 is 0 Å². The second-order valence-electron chi connectivity index (χ2n) is 4.13. The van der Waals surface area contributed by atoms with Crippen LogP contribution in [-0.2, 0) is 0 Å². The van der Waals surface area contributed by atoms with Gasteiger partial charge in [0.25, 0.3) is 0 Å². The highest BCUT2D eigenvalue weighted by Gasteiger charge is 2.22. The van der Waals surface area contributed by atoms with E-state index in [1.54, 1.807) is 12.4 Å². The molecule has 5 nitrogen and oxygen atoms in total. The first-order valence-corrected chi connectivity index (χ1v) is 5.85. The van der Waals surface area contributed by atoms with Gasteiger partial charge in [0, 0.05) is 12.6 Å². The fourth-order valence-electron chi connectivity index (χ4n) is 2.23. The molecule has 0 radical (unpaired) electrons. The molecule has 1 aliphatic rings. The predicted molar refractivity (Wildman–Crippen MR) is 65.2 cm³/mol. The highest BCUT2D eigenvalue weighted by atomic mass is 15.2. The molecule has 1 aliphatic heterocycles. The number of hydrogen-bond donors (Lipinski definition) is 2. The Labute approximate surface area is 96.1 Å². The zero-order valence-electron chi connectivity index (χ0n) is 9.69. The first-order chi connectivity index (χ1) is 7.79. The lowest BCUT2D eigenvalue weighted by Crippen LogP contribution is -2.34. The normalized spacial score (nSPS) is 21.2. The molecule has 1 atom stereocenters. The Hall–Kier alpha value is -1.36. The van der Waals surface area contributed by atoms with Crippen LogP contribution in [0.3, 0.4) is 0 Å². The lowest BCUT2D eigenvalue weighted by Gasteiger charge is -2.22. The van der Waals surface area contributed by atoms with E-state index in [-0.39, 0.29) is 0 Å². The molecule has 2 rings (SSSR count). The van der Waals surface area contributed by atoms with E-state index in [1.165, 1.54) is 19.4 Å². The van der Waals surface area contributed by atoms with Gasteiger partial charge in [0.2, 0.25) is 0 Å². The van der Waals surface area contributed by atoms with Crippen LogP contribution in [0.4, 0.5) is 11.6 Å². The van der Waals surface area contributed by atoms with Gasteiger partial charge in [-0.1, -0.05) is 6.92 Å². The molecule has 2 heterocycles. The van der Waals surface area contributed by atoms with E-state index in [1.807, 2.05) is 0 Å². The molecule has 88 valence electrons. The fraction of sp³-hybridized carbons (Fsp3) is 0.636. The summed E-state index contributed by atoms with van der Waals surface area (Å²) in [6, 6.07) is 0.619. The third-order valence-electron chi connectivity index (χ3n) is 3.08. The van der Waals surface area contributed by atoms with Crippen LogP contribution in [0.1, 0.15) is 19.8 Å². The van der Waals surface area contributed by atoms with Crippen molar-refractivity contribution in [2.45, 2.75) is 25.8 Å². The van der Waals surface area contributed by atoms with Crippen molar-refractivity contribution in [3.63, 3.8) is 0 Å². The van der Waals surface area contributed by atoms with E-state index in [4.69, 9.17) is 5.73 Å². The van der Waals surface area contributed by atoms with Crippen LogP contribution in [0.15, 0.2) is 12.4 Å². The Morgan fingerprint density at radius 2 is 2.44 bits per heavy atom. The Bertz CT molecular complexity index is 341. The molecule has 1 aromatic rings. The molecule has 0 bridgehead atoms. The largest absolute Gasteiger partial charge is 0.382 e. The number of nitrogen functional groups attached to an aromatic ring is 1. The Balaban J connectivity index is 1.87. The lowest BCUT2D eigenvalue weighted by atomic mass is 10.2. The second kappa shape index (κ2) is 5.12. The molecule has 0 amide bonds. The van der Waals surface area contributed by atoms with E-state index in [0.29, 0.717) is 11.9 Å². The molecule has 0 saturated carbocycles. The van der Waals surface area contributed by atoms with Crippen LogP contribution in [0.2, 0.25) is 0 Å². The van der Waals surface area contributed by atoms with Crippen molar-refractivity contribution in [3.05, 3.63) is 12.4 Å². The number of nitrogens with two attached hydrogens (primary N) is 1. The highest BCUT2D eigenvalue weighted by molar-refractivity contribution is 5.38. The molecule has 3 N–H and O–H groups in total. The summed E-state index contributed by atoms with van der Waals surface area (Å²) in [5.74, 6) is 1.23. The van der Waals surface area contributed by atoms with Crippen LogP contribution in [-0.4, -0.2) is 40.5 Å². The maximum atomic E-state index is 5.57. The monoisotopic (exact) mass is 221 g/mol. The van der Waals surface area contributed by atoms with Crippen LogP contribution in [0, 0.1) is 0 Å². The minimum Gasteiger partial charge on any atom is -0.382 e. The molecular formula is C11H19N5. The summed E-state index contributed by atoms with van der Waals surface area (Å²) >= 11 is 0. The summed E-state index contributed by atoms with van der Waals surface area (Å²) in [5, 5.41) is 3.30. The van der Waals surface area contributed by atoms with E-state index in [2.05, 4.69) is 27.1 Å². The van der Waals surface area contributed by atoms with Gasteiger partial charge in [-0.3, -0.25) is 9.88 Å². The van der Waals surface area contributed by atoms with E-state index >= 15 is 0 Å². The van der Waals surface area contributed by atoms with Gasteiger partial charge < -0.3 is 11.1 Å². The molecule has 1 aromatic heterocycles. The summed E-state index contributed by atoms with van der Waals surface area (Å²) in [6.07, 6.45) is 5.82. The van der Waals surface area contributed by atoms with Crippen molar-refractivity contribution < 1.29 is 0 Å². The van der Waals surface area contributed by atoms with E-state index < -0.39 is 0 Å². The van der Waals surface area contributed by atoms with Crippen LogP contribution in [0.25, 0.3) is 0 Å². The maximum absolute atomic E-state index is 5.57. The van der Waals surface area contributed by atoms with Crippen molar-refractivity contribution in [2.24, 2.45) is 0 Å². The van der Waals surface area contributed by atoms with Gasteiger partial charge in [0.15, 0.2) is 0 Å². The van der Waals surface area contributed by atoms with Crippen molar-refractivity contribution in [1.82, 2.24) is 14.9 Å². The third kappa shape index (κ3) is 2.61. The topological polar surface area (TPSA) is 67.1 Å². The average molecular weight is 221 g/mol. The van der Waals surface area contributed by atoms with Gasteiger partial charge in [-0.2, -0.15) is 0 Å². The Morgan fingerprint density at radius 3 is 3.19 bits per heavy atom. The van der Waals surface area contributed by atoms with E-state index in [0.717, 1.165) is 18.9 Å². The van der Waals surface area contributed by atoms with Gasteiger partial charge in [-0.15, -0.1) is 0 Å². The maximum Gasteiger partial charge on any atom is 0.147 e. The van der Waals surface area contributed by atoms with Crippen molar-refractivity contribution >= 4 is 11.6 Å². The molecule has 0 aliphatic carbocycles. The first-order valence-electron chi connectivity index (χ1n) is 5.85. The Kier molecular flexibility index (Phi) is 3.56.